The fraction of sp³-hybridized carbons (Fsp3) is 0.375. The molecule has 0 radical (unpaired) electrons. The van der Waals surface area contributed by atoms with Crippen LogP contribution in [0.2, 0.25) is 5.02 Å². The molecule has 0 fully saturated rings. The van der Waals surface area contributed by atoms with Gasteiger partial charge in [-0.3, -0.25) is 0 Å². The summed E-state index contributed by atoms with van der Waals surface area (Å²) in [6.07, 6.45) is -4.04. The Kier molecular flexibility index (Phi) is 3.62. The third kappa shape index (κ3) is 4.24. The van der Waals surface area contributed by atoms with Gasteiger partial charge in [-0.25, -0.2) is 4.98 Å². The van der Waals surface area contributed by atoms with Crippen LogP contribution < -0.4 is 10.5 Å². The van der Waals surface area contributed by atoms with Crippen LogP contribution in [0.15, 0.2) is 12.3 Å². The Morgan fingerprint density at radius 3 is 2.67 bits per heavy atom. The summed E-state index contributed by atoms with van der Waals surface area (Å²) in [6, 6.07) is 1.36. The zero-order chi connectivity index (χ0) is 11.5. The van der Waals surface area contributed by atoms with Gasteiger partial charge in [-0.15, -0.1) is 0 Å². The van der Waals surface area contributed by atoms with Gasteiger partial charge in [0.05, 0.1) is 24.9 Å². The average Bonchev–Trinajstić information content (AvgIpc) is 2.07. The van der Waals surface area contributed by atoms with Crippen LogP contribution in [0, 0.1) is 0 Å². The summed E-state index contributed by atoms with van der Waals surface area (Å²) >= 11 is 5.63. The maximum absolute atomic E-state index is 11.8. The van der Waals surface area contributed by atoms with Crippen molar-refractivity contribution in [1.82, 2.24) is 4.98 Å². The zero-order valence-corrected chi connectivity index (χ0v) is 8.27. The van der Waals surface area contributed by atoms with Crippen molar-refractivity contribution in [3.8, 4) is 5.88 Å². The van der Waals surface area contributed by atoms with Crippen LogP contribution in [0.4, 0.5) is 18.9 Å². The van der Waals surface area contributed by atoms with Gasteiger partial charge in [0, 0.05) is 0 Å². The lowest BCUT2D eigenvalue weighted by Gasteiger charge is -2.08. The molecule has 15 heavy (non-hydrogen) atoms. The number of ether oxygens (including phenoxy) is 1. The number of halogens is 4. The molecule has 0 aromatic carbocycles. The first-order valence-electron chi connectivity index (χ1n) is 3.99. The summed E-state index contributed by atoms with van der Waals surface area (Å²) in [6.45, 7) is -0.514. The minimum Gasteiger partial charge on any atom is -0.476 e. The smallest absolute Gasteiger partial charge is 0.392 e. The molecule has 1 rings (SSSR count). The summed E-state index contributed by atoms with van der Waals surface area (Å²) in [4.78, 5) is 3.65. The van der Waals surface area contributed by atoms with Gasteiger partial charge in [0.2, 0.25) is 5.88 Å². The van der Waals surface area contributed by atoms with Gasteiger partial charge in [0.15, 0.2) is 0 Å². The van der Waals surface area contributed by atoms with Crippen molar-refractivity contribution in [2.75, 3.05) is 12.3 Å². The van der Waals surface area contributed by atoms with E-state index in [4.69, 9.17) is 22.1 Å². The molecule has 0 amide bonds. The molecule has 0 spiro atoms. The summed E-state index contributed by atoms with van der Waals surface area (Å²) in [5, 5.41) is 0.0946. The van der Waals surface area contributed by atoms with Crippen molar-refractivity contribution in [3.05, 3.63) is 17.3 Å². The summed E-state index contributed by atoms with van der Waals surface area (Å²) in [5.41, 5.74) is 5.67. The number of hydrogen-bond donors (Lipinski definition) is 1. The molecule has 0 aliphatic carbocycles. The molecule has 84 valence electrons. The number of nitrogens with zero attached hydrogens (tertiary/aromatic N) is 1. The number of anilines is 1. The average molecular weight is 241 g/mol. The molecule has 0 unspecified atom stereocenters. The van der Waals surface area contributed by atoms with E-state index in [1.807, 2.05) is 0 Å². The third-order valence-corrected chi connectivity index (χ3v) is 1.72. The van der Waals surface area contributed by atoms with E-state index in [9.17, 15) is 13.2 Å². The van der Waals surface area contributed by atoms with E-state index in [1.165, 1.54) is 12.3 Å². The number of rotatable bonds is 3. The Balaban J connectivity index is 2.51. The molecule has 0 atom stereocenters. The first kappa shape index (κ1) is 11.9. The van der Waals surface area contributed by atoms with Gasteiger partial charge in [-0.05, 0) is 6.07 Å². The van der Waals surface area contributed by atoms with E-state index in [2.05, 4.69) is 4.98 Å². The summed E-state index contributed by atoms with van der Waals surface area (Å²) in [5.74, 6) is -0.0462. The van der Waals surface area contributed by atoms with Crippen molar-refractivity contribution >= 4 is 17.3 Å². The Labute approximate surface area is 89.0 Å². The third-order valence-electron chi connectivity index (χ3n) is 1.45. The first-order valence-corrected chi connectivity index (χ1v) is 4.37. The Morgan fingerprint density at radius 1 is 1.47 bits per heavy atom. The van der Waals surface area contributed by atoms with Crippen molar-refractivity contribution in [1.29, 1.82) is 0 Å². The molecule has 0 saturated carbocycles. The zero-order valence-electron chi connectivity index (χ0n) is 7.51. The number of nitrogens with two attached hydrogens (primary N) is 1. The molecule has 1 heterocycles. The lowest BCUT2D eigenvalue weighted by atomic mass is 10.4. The van der Waals surface area contributed by atoms with Crippen LogP contribution >= 0.6 is 11.6 Å². The molecule has 0 aliphatic heterocycles. The molecule has 0 saturated heterocycles. The SMILES string of the molecule is Nc1cnc(OCCC(F)(F)F)c(Cl)c1. The Morgan fingerprint density at radius 2 is 2.13 bits per heavy atom. The molecule has 7 heteroatoms. The van der Waals surface area contributed by atoms with Gasteiger partial charge in [0.25, 0.3) is 0 Å². The predicted molar refractivity (Wildman–Crippen MR) is 49.8 cm³/mol. The van der Waals surface area contributed by atoms with E-state index < -0.39 is 19.2 Å². The van der Waals surface area contributed by atoms with E-state index in [0.717, 1.165) is 0 Å². The van der Waals surface area contributed by atoms with Crippen LogP contribution in [-0.2, 0) is 0 Å². The van der Waals surface area contributed by atoms with Gasteiger partial charge >= 0.3 is 6.18 Å². The summed E-state index contributed by atoms with van der Waals surface area (Å²) < 4.78 is 40.1. The Bertz CT molecular complexity index is 343. The highest BCUT2D eigenvalue weighted by atomic mass is 35.5. The van der Waals surface area contributed by atoms with Crippen LogP contribution in [0.3, 0.4) is 0 Å². The molecule has 2 N–H and O–H groups in total. The highest BCUT2D eigenvalue weighted by Gasteiger charge is 2.27. The number of aromatic nitrogens is 1. The maximum Gasteiger partial charge on any atom is 0.392 e. The van der Waals surface area contributed by atoms with E-state index >= 15 is 0 Å². The lowest BCUT2D eigenvalue weighted by molar-refractivity contribution is -0.139. The largest absolute Gasteiger partial charge is 0.476 e. The van der Waals surface area contributed by atoms with Gasteiger partial charge in [-0.2, -0.15) is 13.2 Å². The molecular weight excluding hydrogens is 233 g/mol. The highest BCUT2D eigenvalue weighted by molar-refractivity contribution is 6.32. The second-order valence-electron chi connectivity index (χ2n) is 2.77. The van der Waals surface area contributed by atoms with Crippen LogP contribution in [-0.4, -0.2) is 17.8 Å². The second-order valence-corrected chi connectivity index (χ2v) is 3.18. The molecule has 0 aliphatic rings. The van der Waals surface area contributed by atoms with Crippen molar-refractivity contribution in [3.63, 3.8) is 0 Å². The van der Waals surface area contributed by atoms with Crippen molar-refractivity contribution < 1.29 is 17.9 Å². The van der Waals surface area contributed by atoms with Crippen LogP contribution in [0.1, 0.15) is 6.42 Å². The quantitative estimate of drug-likeness (QED) is 0.884. The number of alkyl halides is 3. The van der Waals surface area contributed by atoms with Crippen molar-refractivity contribution in [2.45, 2.75) is 12.6 Å². The van der Waals surface area contributed by atoms with Gasteiger partial charge in [-0.1, -0.05) is 11.6 Å². The fourth-order valence-corrected chi connectivity index (χ4v) is 1.04. The fourth-order valence-electron chi connectivity index (χ4n) is 0.810. The number of hydrogen-bond acceptors (Lipinski definition) is 3. The topological polar surface area (TPSA) is 48.1 Å². The monoisotopic (exact) mass is 240 g/mol. The molecule has 1 aromatic rings. The standard InChI is InChI=1S/C8H8ClF3N2O/c9-6-3-5(13)4-14-7(6)15-2-1-8(10,11)12/h3-4H,1-2,13H2. The Hall–Kier alpha value is -1.17. The molecular formula is C8H8ClF3N2O. The highest BCUT2D eigenvalue weighted by Crippen LogP contribution is 2.25. The molecule has 1 aromatic heterocycles. The van der Waals surface area contributed by atoms with Gasteiger partial charge < -0.3 is 10.5 Å². The second kappa shape index (κ2) is 4.57. The van der Waals surface area contributed by atoms with Gasteiger partial charge in [0.1, 0.15) is 5.02 Å². The van der Waals surface area contributed by atoms with E-state index in [0.29, 0.717) is 5.69 Å². The normalized spacial score (nSPS) is 11.5. The number of nitrogen functional groups attached to an aromatic ring is 1. The maximum atomic E-state index is 11.8. The molecule has 0 bridgehead atoms. The van der Waals surface area contributed by atoms with E-state index in [-0.39, 0.29) is 10.9 Å². The van der Waals surface area contributed by atoms with E-state index in [1.54, 1.807) is 0 Å². The van der Waals surface area contributed by atoms with Crippen LogP contribution in [0.25, 0.3) is 0 Å². The lowest BCUT2D eigenvalue weighted by Crippen LogP contribution is -2.13. The summed E-state index contributed by atoms with van der Waals surface area (Å²) in [7, 11) is 0. The minimum absolute atomic E-state index is 0.0462. The van der Waals surface area contributed by atoms with Crippen molar-refractivity contribution in [2.24, 2.45) is 0 Å². The first-order chi connectivity index (χ1) is 6.88. The van der Waals surface area contributed by atoms with Crippen LogP contribution in [0.5, 0.6) is 5.88 Å². The minimum atomic E-state index is -4.25. The predicted octanol–water partition coefficient (Wildman–Crippen LogP) is 2.65. The number of pyridine rings is 1. The molecule has 3 nitrogen and oxygen atoms in total.